The van der Waals surface area contributed by atoms with Crippen LogP contribution in [0.2, 0.25) is 10.0 Å². The summed E-state index contributed by atoms with van der Waals surface area (Å²) in [5, 5.41) is 0.490. The summed E-state index contributed by atoms with van der Waals surface area (Å²) >= 11 is 11.8. The van der Waals surface area contributed by atoms with Crippen LogP contribution in [0.4, 0.5) is 0 Å². The quantitative estimate of drug-likeness (QED) is 0.868. The van der Waals surface area contributed by atoms with Crippen molar-refractivity contribution < 1.29 is 8.42 Å². The van der Waals surface area contributed by atoms with E-state index < -0.39 is 10.0 Å². The summed E-state index contributed by atoms with van der Waals surface area (Å²) in [6.45, 7) is 0.280. The minimum atomic E-state index is -3.71. The average Bonchev–Trinajstić information content (AvgIpc) is 2.92. The van der Waals surface area contributed by atoms with Crippen LogP contribution >= 0.6 is 23.2 Å². The number of rotatable bonds is 5. The van der Waals surface area contributed by atoms with Gasteiger partial charge in [-0.05, 0) is 37.0 Å². The smallest absolute Gasteiger partial charge is 0.242 e. The predicted molar refractivity (Wildman–Crippen MR) is 81.6 cm³/mol. The Bertz CT molecular complexity index is 572. The van der Waals surface area contributed by atoms with Gasteiger partial charge in [-0.25, -0.2) is 13.1 Å². The van der Waals surface area contributed by atoms with Crippen molar-refractivity contribution in [2.45, 2.75) is 36.6 Å². The Morgan fingerprint density at radius 3 is 2.55 bits per heavy atom. The summed E-state index contributed by atoms with van der Waals surface area (Å²) in [5.74, 6) is 0.299. The van der Waals surface area contributed by atoms with Gasteiger partial charge in [0, 0.05) is 17.6 Å². The molecule has 0 heterocycles. The van der Waals surface area contributed by atoms with Crippen LogP contribution in [0.1, 0.15) is 25.7 Å². The molecule has 2 rings (SSSR count). The standard InChI is InChI=1S/C13H18Cl2N2O2S/c14-10-5-6-11(15)13(7-10)20(18,19)17-12(8-16)9-3-1-2-4-9/h5-7,9,12,17H,1-4,8,16H2. The molecule has 7 heteroatoms. The van der Waals surface area contributed by atoms with Crippen LogP contribution in [-0.2, 0) is 10.0 Å². The Labute approximate surface area is 129 Å². The maximum Gasteiger partial charge on any atom is 0.242 e. The van der Waals surface area contributed by atoms with Crippen LogP contribution in [0.5, 0.6) is 0 Å². The van der Waals surface area contributed by atoms with Crippen molar-refractivity contribution in [3.8, 4) is 0 Å². The first kappa shape index (κ1) is 16.0. The summed E-state index contributed by atoms with van der Waals surface area (Å²) in [6, 6.07) is 4.14. The maximum atomic E-state index is 12.4. The first-order chi connectivity index (χ1) is 9.44. The van der Waals surface area contributed by atoms with Gasteiger partial charge in [0.25, 0.3) is 0 Å². The monoisotopic (exact) mass is 336 g/mol. The first-order valence-electron chi connectivity index (χ1n) is 6.61. The third-order valence-electron chi connectivity index (χ3n) is 3.71. The summed E-state index contributed by atoms with van der Waals surface area (Å²) in [5.41, 5.74) is 5.72. The molecule has 1 aromatic rings. The lowest BCUT2D eigenvalue weighted by Crippen LogP contribution is -2.44. The van der Waals surface area contributed by atoms with Gasteiger partial charge in [-0.15, -0.1) is 0 Å². The third-order valence-corrected chi connectivity index (χ3v) is 5.92. The molecule has 0 saturated heterocycles. The van der Waals surface area contributed by atoms with Crippen molar-refractivity contribution >= 4 is 33.2 Å². The van der Waals surface area contributed by atoms with Gasteiger partial charge in [-0.1, -0.05) is 36.0 Å². The zero-order chi connectivity index (χ0) is 14.8. The molecule has 0 aromatic heterocycles. The first-order valence-corrected chi connectivity index (χ1v) is 8.85. The molecule has 0 aliphatic heterocycles. The van der Waals surface area contributed by atoms with Gasteiger partial charge >= 0.3 is 0 Å². The highest BCUT2D eigenvalue weighted by atomic mass is 35.5. The second kappa shape index (κ2) is 6.62. The average molecular weight is 337 g/mol. The van der Waals surface area contributed by atoms with Gasteiger partial charge in [0.2, 0.25) is 10.0 Å². The van der Waals surface area contributed by atoms with E-state index in [1.54, 1.807) is 6.07 Å². The van der Waals surface area contributed by atoms with Crippen LogP contribution in [0.25, 0.3) is 0 Å². The van der Waals surface area contributed by atoms with E-state index in [1.807, 2.05) is 0 Å². The fraction of sp³-hybridized carbons (Fsp3) is 0.538. The Morgan fingerprint density at radius 1 is 1.30 bits per heavy atom. The van der Waals surface area contributed by atoms with Crippen molar-refractivity contribution in [2.75, 3.05) is 6.54 Å². The molecule has 1 saturated carbocycles. The molecular formula is C13H18Cl2N2O2S. The van der Waals surface area contributed by atoms with Crippen LogP contribution in [-0.4, -0.2) is 21.0 Å². The molecular weight excluding hydrogens is 319 g/mol. The highest BCUT2D eigenvalue weighted by Crippen LogP contribution is 2.29. The highest BCUT2D eigenvalue weighted by Gasteiger charge is 2.29. The molecule has 0 spiro atoms. The van der Waals surface area contributed by atoms with Crippen molar-refractivity contribution in [1.29, 1.82) is 0 Å². The Morgan fingerprint density at radius 2 is 1.95 bits per heavy atom. The molecule has 112 valence electrons. The topological polar surface area (TPSA) is 72.2 Å². The molecule has 3 N–H and O–H groups in total. The number of benzene rings is 1. The van der Waals surface area contributed by atoms with E-state index in [1.165, 1.54) is 12.1 Å². The predicted octanol–water partition coefficient (Wildman–Crippen LogP) is 2.79. The SMILES string of the molecule is NCC(NS(=O)(=O)c1cc(Cl)ccc1Cl)C1CCCC1. The molecule has 1 unspecified atom stereocenters. The third kappa shape index (κ3) is 3.65. The zero-order valence-corrected chi connectivity index (χ0v) is 13.3. The molecule has 1 aromatic carbocycles. The second-order valence-corrected chi connectivity index (χ2v) is 7.61. The van der Waals surface area contributed by atoms with E-state index in [0.717, 1.165) is 25.7 Å². The lowest BCUT2D eigenvalue weighted by molar-refractivity contribution is 0.405. The Balaban J connectivity index is 2.23. The van der Waals surface area contributed by atoms with Gasteiger partial charge in [-0.2, -0.15) is 0 Å². The minimum Gasteiger partial charge on any atom is -0.329 e. The lowest BCUT2D eigenvalue weighted by Gasteiger charge is -2.23. The molecule has 20 heavy (non-hydrogen) atoms. The number of nitrogens with one attached hydrogen (secondary N) is 1. The molecule has 1 aliphatic carbocycles. The van der Waals surface area contributed by atoms with Crippen LogP contribution in [0.15, 0.2) is 23.1 Å². The molecule has 1 aliphatic rings. The lowest BCUT2D eigenvalue weighted by atomic mass is 9.99. The van der Waals surface area contributed by atoms with E-state index in [9.17, 15) is 8.42 Å². The summed E-state index contributed by atoms with van der Waals surface area (Å²) in [6.07, 6.45) is 4.27. The summed E-state index contributed by atoms with van der Waals surface area (Å²) in [7, 11) is -3.71. The zero-order valence-electron chi connectivity index (χ0n) is 11.0. The van der Waals surface area contributed by atoms with Crippen molar-refractivity contribution in [3.63, 3.8) is 0 Å². The number of sulfonamides is 1. The fourth-order valence-electron chi connectivity index (χ4n) is 2.64. The van der Waals surface area contributed by atoms with Crippen molar-refractivity contribution in [3.05, 3.63) is 28.2 Å². The number of halogens is 2. The van der Waals surface area contributed by atoms with Crippen LogP contribution in [0, 0.1) is 5.92 Å². The van der Waals surface area contributed by atoms with E-state index in [4.69, 9.17) is 28.9 Å². The minimum absolute atomic E-state index is 0.00288. The van der Waals surface area contributed by atoms with Crippen molar-refractivity contribution in [2.24, 2.45) is 11.7 Å². The second-order valence-electron chi connectivity index (χ2n) is 5.08. The number of hydrogen-bond acceptors (Lipinski definition) is 3. The van der Waals surface area contributed by atoms with Crippen LogP contribution < -0.4 is 10.5 Å². The van der Waals surface area contributed by atoms with Crippen molar-refractivity contribution in [1.82, 2.24) is 4.72 Å². The van der Waals surface area contributed by atoms with E-state index in [2.05, 4.69) is 4.72 Å². The Hall–Kier alpha value is -0.330. The Kier molecular flexibility index (Phi) is 5.31. The molecule has 4 nitrogen and oxygen atoms in total. The molecule has 0 amide bonds. The van der Waals surface area contributed by atoms with E-state index in [0.29, 0.717) is 10.9 Å². The molecule has 1 atom stereocenters. The largest absolute Gasteiger partial charge is 0.329 e. The molecule has 0 bridgehead atoms. The van der Waals surface area contributed by atoms with Crippen LogP contribution in [0.3, 0.4) is 0 Å². The van der Waals surface area contributed by atoms with Gasteiger partial charge in [0.1, 0.15) is 4.90 Å². The van der Waals surface area contributed by atoms with Gasteiger partial charge in [-0.3, -0.25) is 0 Å². The molecule has 0 radical (unpaired) electrons. The summed E-state index contributed by atoms with van der Waals surface area (Å²) < 4.78 is 27.5. The fourth-order valence-corrected chi connectivity index (χ4v) is 4.72. The summed E-state index contributed by atoms with van der Waals surface area (Å²) in [4.78, 5) is 0.00288. The molecule has 1 fully saturated rings. The number of nitrogens with two attached hydrogens (primary N) is 1. The van der Waals surface area contributed by atoms with E-state index in [-0.39, 0.29) is 22.5 Å². The normalized spacial score (nSPS) is 18.4. The number of hydrogen-bond donors (Lipinski definition) is 2. The maximum absolute atomic E-state index is 12.4. The van der Waals surface area contributed by atoms with Gasteiger partial charge in [0.15, 0.2) is 0 Å². The van der Waals surface area contributed by atoms with Gasteiger partial charge < -0.3 is 5.73 Å². The highest BCUT2D eigenvalue weighted by molar-refractivity contribution is 7.89. The van der Waals surface area contributed by atoms with Gasteiger partial charge in [0.05, 0.1) is 5.02 Å². The van der Waals surface area contributed by atoms with E-state index >= 15 is 0 Å².